The molecular formula is C19H28O6. The van der Waals surface area contributed by atoms with Crippen molar-refractivity contribution >= 4 is 23.5 Å². The van der Waals surface area contributed by atoms with E-state index in [9.17, 15) is 19.2 Å². The molecule has 2 fully saturated rings. The van der Waals surface area contributed by atoms with E-state index in [0.717, 1.165) is 6.42 Å². The summed E-state index contributed by atoms with van der Waals surface area (Å²) in [5.41, 5.74) is 0. The standard InChI is InChI=1S/C19H28O6/c1-2-4-13(20)5-3-6-14(21)7-8-15(16-9-11-18(22)24-16)17-10-12-19(23)25-17/h15-17H,2-12H2,1H3. The molecule has 0 amide bonds. The first kappa shape index (κ1) is 19.6. The van der Waals surface area contributed by atoms with Crippen molar-refractivity contribution in [2.75, 3.05) is 0 Å². The third kappa shape index (κ3) is 6.25. The highest BCUT2D eigenvalue weighted by Crippen LogP contribution is 2.33. The van der Waals surface area contributed by atoms with Gasteiger partial charge in [-0.05, 0) is 32.1 Å². The van der Waals surface area contributed by atoms with Gasteiger partial charge in [0.25, 0.3) is 0 Å². The number of rotatable bonds is 11. The van der Waals surface area contributed by atoms with Gasteiger partial charge in [-0.3, -0.25) is 19.2 Å². The topological polar surface area (TPSA) is 86.7 Å². The molecule has 0 aromatic rings. The van der Waals surface area contributed by atoms with E-state index in [2.05, 4.69) is 0 Å². The van der Waals surface area contributed by atoms with Crippen molar-refractivity contribution in [1.82, 2.24) is 0 Å². The van der Waals surface area contributed by atoms with Gasteiger partial charge in [-0.1, -0.05) is 6.92 Å². The number of hydrogen-bond donors (Lipinski definition) is 0. The average Bonchev–Trinajstić information content (AvgIpc) is 3.17. The zero-order valence-corrected chi connectivity index (χ0v) is 15.0. The fraction of sp³-hybridized carbons (Fsp3) is 0.789. The molecule has 2 saturated heterocycles. The molecule has 0 radical (unpaired) electrons. The Labute approximate surface area is 148 Å². The minimum absolute atomic E-state index is 0.108. The second kappa shape index (κ2) is 9.68. The molecule has 0 aromatic heterocycles. The SMILES string of the molecule is CCCC(=O)CCCC(=O)CCC(C1CCC(=O)O1)C1CCC(=O)O1. The Morgan fingerprint density at radius 1 is 0.920 bits per heavy atom. The average molecular weight is 352 g/mol. The van der Waals surface area contributed by atoms with Gasteiger partial charge in [-0.15, -0.1) is 0 Å². The van der Waals surface area contributed by atoms with Crippen molar-refractivity contribution in [3.8, 4) is 0 Å². The number of ketones is 2. The van der Waals surface area contributed by atoms with E-state index in [0.29, 0.717) is 64.2 Å². The highest BCUT2D eigenvalue weighted by molar-refractivity contribution is 5.81. The van der Waals surface area contributed by atoms with E-state index in [1.165, 1.54) is 0 Å². The van der Waals surface area contributed by atoms with E-state index in [-0.39, 0.29) is 41.6 Å². The summed E-state index contributed by atoms with van der Waals surface area (Å²) < 4.78 is 10.7. The molecule has 0 bridgehead atoms. The zero-order valence-electron chi connectivity index (χ0n) is 15.0. The van der Waals surface area contributed by atoms with Crippen LogP contribution in [0.4, 0.5) is 0 Å². The molecule has 0 saturated carbocycles. The number of cyclic esters (lactones) is 2. The Morgan fingerprint density at radius 2 is 1.44 bits per heavy atom. The van der Waals surface area contributed by atoms with Crippen molar-refractivity contribution in [1.29, 1.82) is 0 Å². The second-order valence-corrected chi connectivity index (χ2v) is 7.02. The van der Waals surface area contributed by atoms with Crippen molar-refractivity contribution in [3.05, 3.63) is 0 Å². The lowest BCUT2D eigenvalue weighted by Gasteiger charge is -2.26. The van der Waals surface area contributed by atoms with Crippen LogP contribution >= 0.6 is 0 Å². The Bertz CT molecular complexity index is 486. The number of Topliss-reactive ketones (excluding diaryl/α,β-unsaturated/α-hetero) is 2. The second-order valence-electron chi connectivity index (χ2n) is 7.02. The molecule has 2 aliphatic rings. The molecule has 0 aliphatic carbocycles. The van der Waals surface area contributed by atoms with Crippen molar-refractivity contribution < 1.29 is 28.7 Å². The lowest BCUT2D eigenvalue weighted by atomic mass is 9.87. The smallest absolute Gasteiger partial charge is 0.306 e. The summed E-state index contributed by atoms with van der Waals surface area (Å²) in [5.74, 6) is -0.226. The molecule has 0 spiro atoms. The lowest BCUT2D eigenvalue weighted by Crippen LogP contribution is -2.32. The van der Waals surface area contributed by atoms with Crippen LogP contribution in [-0.4, -0.2) is 35.7 Å². The molecule has 2 unspecified atom stereocenters. The molecule has 2 atom stereocenters. The number of carbonyl (C=O) groups excluding carboxylic acids is 4. The van der Waals surface area contributed by atoms with Crippen molar-refractivity contribution in [2.24, 2.45) is 5.92 Å². The van der Waals surface area contributed by atoms with Crippen LogP contribution in [0.15, 0.2) is 0 Å². The van der Waals surface area contributed by atoms with Gasteiger partial charge in [0.15, 0.2) is 0 Å². The fourth-order valence-electron chi connectivity index (χ4n) is 3.65. The van der Waals surface area contributed by atoms with Gasteiger partial charge in [0.05, 0.1) is 0 Å². The van der Waals surface area contributed by atoms with Crippen LogP contribution in [0, 0.1) is 5.92 Å². The van der Waals surface area contributed by atoms with Crippen molar-refractivity contribution in [2.45, 2.75) is 89.8 Å². The van der Waals surface area contributed by atoms with Crippen molar-refractivity contribution in [3.63, 3.8) is 0 Å². The maximum atomic E-state index is 12.1. The predicted molar refractivity (Wildman–Crippen MR) is 89.7 cm³/mol. The highest BCUT2D eigenvalue weighted by Gasteiger charge is 2.40. The molecule has 25 heavy (non-hydrogen) atoms. The van der Waals surface area contributed by atoms with Crippen LogP contribution < -0.4 is 0 Å². The molecule has 2 aliphatic heterocycles. The first-order valence-corrected chi connectivity index (χ1v) is 9.42. The number of ether oxygens (including phenoxy) is 2. The predicted octanol–water partition coefficient (Wildman–Crippen LogP) is 2.90. The fourth-order valence-corrected chi connectivity index (χ4v) is 3.65. The van der Waals surface area contributed by atoms with Gasteiger partial charge in [-0.25, -0.2) is 0 Å². The quantitative estimate of drug-likeness (QED) is 0.531. The van der Waals surface area contributed by atoms with E-state index < -0.39 is 0 Å². The van der Waals surface area contributed by atoms with Gasteiger partial charge in [0.1, 0.15) is 23.8 Å². The molecule has 2 heterocycles. The Kier molecular flexibility index (Phi) is 7.59. The molecule has 2 rings (SSSR count). The van der Waals surface area contributed by atoms with E-state index in [1.807, 2.05) is 6.92 Å². The van der Waals surface area contributed by atoms with Gasteiger partial charge in [0.2, 0.25) is 0 Å². The maximum absolute atomic E-state index is 12.1. The van der Waals surface area contributed by atoms with Crippen LogP contribution in [0.1, 0.15) is 77.6 Å². The Balaban J connectivity index is 1.78. The molecule has 0 N–H and O–H groups in total. The van der Waals surface area contributed by atoms with Crippen LogP contribution in [0.2, 0.25) is 0 Å². The third-order valence-corrected chi connectivity index (χ3v) is 4.98. The minimum Gasteiger partial charge on any atom is -0.462 e. The van der Waals surface area contributed by atoms with Crippen LogP contribution in [0.25, 0.3) is 0 Å². The summed E-state index contributed by atoms with van der Waals surface area (Å²) in [6.45, 7) is 1.97. The van der Waals surface area contributed by atoms with Crippen LogP contribution in [0.3, 0.4) is 0 Å². The largest absolute Gasteiger partial charge is 0.462 e. The van der Waals surface area contributed by atoms with Crippen LogP contribution in [-0.2, 0) is 28.7 Å². The highest BCUT2D eigenvalue weighted by atomic mass is 16.6. The van der Waals surface area contributed by atoms with E-state index >= 15 is 0 Å². The molecule has 6 nitrogen and oxygen atoms in total. The van der Waals surface area contributed by atoms with E-state index in [1.54, 1.807) is 0 Å². The first-order chi connectivity index (χ1) is 12.0. The summed E-state index contributed by atoms with van der Waals surface area (Å²) in [6.07, 6.45) is 5.29. The lowest BCUT2D eigenvalue weighted by molar-refractivity contribution is -0.149. The Hall–Kier alpha value is -1.72. The van der Waals surface area contributed by atoms with Gasteiger partial charge < -0.3 is 9.47 Å². The van der Waals surface area contributed by atoms with Crippen LogP contribution in [0.5, 0.6) is 0 Å². The molecule has 0 aromatic carbocycles. The summed E-state index contributed by atoms with van der Waals surface area (Å²) in [4.78, 5) is 46.4. The third-order valence-electron chi connectivity index (χ3n) is 4.98. The number of hydrogen-bond acceptors (Lipinski definition) is 6. The summed E-state index contributed by atoms with van der Waals surface area (Å²) >= 11 is 0. The Morgan fingerprint density at radius 3 is 1.88 bits per heavy atom. The maximum Gasteiger partial charge on any atom is 0.306 e. The summed E-state index contributed by atoms with van der Waals surface area (Å²) in [5, 5.41) is 0. The first-order valence-electron chi connectivity index (χ1n) is 9.42. The van der Waals surface area contributed by atoms with Gasteiger partial charge in [-0.2, -0.15) is 0 Å². The molecular weight excluding hydrogens is 324 g/mol. The summed E-state index contributed by atoms with van der Waals surface area (Å²) in [7, 11) is 0. The van der Waals surface area contributed by atoms with Gasteiger partial charge >= 0.3 is 11.9 Å². The zero-order chi connectivity index (χ0) is 18.2. The minimum atomic E-state index is -0.262. The molecule has 6 heteroatoms. The van der Waals surface area contributed by atoms with E-state index in [4.69, 9.17) is 9.47 Å². The normalized spacial score (nSPS) is 24.0. The van der Waals surface area contributed by atoms with Gasteiger partial charge in [0, 0.05) is 44.4 Å². The monoisotopic (exact) mass is 352 g/mol. The number of carbonyl (C=O) groups is 4. The summed E-state index contributed by atoms with van der Waals surface area (Å²) in [6, 6.07) is 0. The molecule has 140 valence electrons. The number of esters is 2.